The second kappa shape index (κ2) is 4.67. The van der Waals surface area contributed by atoms with E-state index >= 15 is 0 Å². The lowest BCUT2D eigenvalue weighted by molar-refractivity contribution is 0.239. The summed E-state index contributed by atoms with van der Waals surface area (Å²) in [6.07, 6.45) is 4.17. The molecule has 0 bridgehead atoms. The predicted molar refractivity (Wildman–Crippen MR) is 59.1 cm³/mol. The van der Waals surface area contributed by atoms with Gasteiger partial charge < -0.3 is 5.73 Å². The highest BCUT2D eigenvalue weighted by atomic mass is 32.2. The van der Waals surface area contributed by atoms with E-state index in [1.807, 2.05) is 0 Å². The first kappa shape index (κ1) is 9.81. The van der Waals surface area contributed by atoms with Gasteiger partial charge in [-0.2, -0.15) is 11.8 Å². The minimum atomic E-state index is 0.784. The van der Waals surface area contributed by atoms with E-state index < -0.39 is 0 Å². The first-order valence-corrected chi connectivity index (χ1v) is 6.57. The van der Waals surface area contributed by atoms with E-state index in [0.29, 0.717) is 0 Å². The Morgan fingerprint density at radius 1 is 1.38 bits per heavy atom. The van der Waals surface area contributed by atoms with E-state index in [1.165, 1.54) is 43.9 Å². The highest BCUT2D eigenvalue weighted by molar-refractivity contribution is 7.99. The van der Waals surface area contributed by atoms with Crippen LogP contribution in [0.25, 0.3) is 0 Å². The number of likely N-dealkylation sites (tertiary alicyclic amines) is 1. The molecule has 2 rings (SSSR count). The Kier molecular flexibility index (Phi) is 3.52. The van der Waals surface area contributed by atoms with Crippen LogP contribution in [-0.4, -0.2) is 42.1 Å². The summed E-state index contributed by atoms with van der Waals surface area (Å²) in [6, 6.07) is 0.871. The summed E-state index contributed by atoms with van der Waals surface area (Å²) in [5, 5.41) is 0. The lowest BCUT2D eigenvalue weighted by atomic mass is 10.1. The fourth-order valence-electron chi connectivity index (χ4n) is 2.40. The molecule has 0 aromatic carbocycles. The van der Waals surface area contributed by atoms with Gasteiger partial charge in [0.05, 0.1) is 0 Å². The van der Waals surface area contributed by atoms with Crippen LogP contribution in [0, 0.1) is 5.92 Å². The van der Waals surface area contributed by atoms with Crippen molar-refractivity contribution < 1.29 is 0 Å². The largest absolute Gasteiger partial charge is 0.330 e. The van der Waals surface area contributed by atoms with E-state index in [0.717, 1.165) is 18.5 Å². The van der Waals surface area contributed by atoms with Crippen LogP contribution >= 0.6 is 11.8 Å². The van der Waals surface area contributed by atoms with Crippen molar-refractivity contribution in [2.75, 3.05) is 31.1 Å². The van der Waals surface area contributed by atoms with Gasteiger partial charge in [-0.3, -0.25) is 4.90 Å². The Morgan fingerprint density at radius 2 is 2.31 bits per heavy atom. The Labute approximate surface area is 85.2 Å². The number of hydrogen-bond acceptors (Lipinski definition) is 3. The van der Waals surface area contributed by atoms with Crippen LogP contribution in [0.15, 0.2) is 0 Å². The van der Waals surface area contributed by atoms with E-state index in [-0.39, 0.29) is 0 Å². The van der Waals surface area contributed by atoms with Crippen molar-refractivity contribution in [1.82, 2.24) is 4.90 Å². The molecule has 2 atom stereocenters. The van der Waals surface area contributed by atoms with Gasteiger partial charge in [0.2, 0.25) is 0 Å². The average Bonchev–Trinajstić information content (AvgIpc) is 2.67. The van der Waals surface area contributed by atoms with Crippen LogP contribution in [0.5, 0.6) is 0 Å². The molecule has 0 amide bonds. The molecular formula is C10H20N2S. The van der Waals surface area contributed by atoms with E-state index in [1.54, 1.807) is 0 Å². The van der Waals surface area contributed by atoms with Crippen molar-refractivity contribution >= 4 is 11.8 Å². The molecular weight excluding hydrogens is 180 g/mol. The molecule has 2 nitrogen and oxygen atoms in total. The monoisotopic (exact) mass is 200 g/mol. The van der Waals surface area contributed by atoms with Gasteiger partial charge in [0.15, 0.2) is 0 Å². The summed E-state index contributed by atoms with van der Waals surface area (Å²) in [4.78, 5) is 2.67. The maximum atomic E-state index is 5.69. The van der Waals surface area contributed by atoms with Crippen LogP contribution in [0.2, 0.25) is 0 Å². The summed E-state index contributed by atoms with van der Waals surface area (Å²) in [5.41, 5.74) is 5.69. The lowest BCUT2D eigenvalue weighted by Crippen LogP contribution is -2.37. The van der Waals surface area contributed by atoms with Crippen LogP contribution < -0.4 is 5.73 Å². The molecule has 2 N–H and O–H groups in total. The maximum absolute atomic E-state index is 5.69. The molecule has 0 aromatic heterocycles. The standard InChI is InChI=1S/C10H20N2S/c11-6-9-3-4-12(7-9)10-2-1-5-13-8-10/h9-10H,1-8,11H2. The molecule has 2 heterocycles. The van der Waals surface area contributed by atoms with Crippen molar-refractivity contribution in [2.45, 2.75) is 25.3 Å². The number of thioether (sulfide) groups is 1. The molecule has 2 aliphatic rings. The van der Waals surface area contributed by atoms with Gasteiger partial charge in [-0.1, -0.05) is 0 Å². The predicted octanol–water partition coefficient (Wildman–Crippen LogP) is 1.16. The highest BCUT2D eigenvalue weighted by Gasteiger charge is 2.28. The highest BCUT2D eigenvalue weighted by Crippen LogP contribution is 2.26. The fourth-order valence-corrected chi connectivity index (χ4v) is 3.59. The van der Waals surface area contributed by atoms with E-state index in [9.17, 15) is 0 Å². The molecule has 2 aliphatic heterocycles. The van der Waals surface area contributed by atoms with E-state index in [4.69, 9.17) is 5.73 Å². The third-order valence-electron chi connectivity index (χ3n) is 3.30. The Morgan fingerprint density at radius 3 is 2.92 bits per heavy atom. The van der Waals surface area contributed by atoms with Crippen LogP contribution in [0.3, 0.4) is 0 Å². The van der Waals surface area contributed by atoms with Gasteiger partial charge in [-0.15, -0.1) is 0 Å². The van der Waals surface area contributed by atoms with Gasteiger partial charge in [-0.25, -0.2) is 0 Å². The molecule has 13 heavy (non-hydrogen) atoms. The SMILES string of the molecule is NCC1CCN(C2CCCSC2)C1. The first-order chi connectivity index (χ1) is 6.40. The topological polar surface area (TPSA) is 29.3 Å². The van der Waals surface area contributed by atoms with Crippen molar-refractivity contribution in [1.29, 1.82) is 0 Å². The Bertz CT molecular complexity index is 157. The lowest BCUT2D eigenvalue weighted by Gasteiger charge is -2.30. The zero-order valence-corrected chi connectivity index (χ0v) is 9.06. The molecule has 0 aromatic rings. The normalized spacial score (nSPS) is 36.7. The Balaban J connectivity index is 1.80. The number of nitrogens with two attached hydrogens (primary N) is 1. The molecule has 76 valence electrons. The summed E-state index contributed by atoms with van der Waals surface area (Å²) in [7, 11) is 0. The summed E-state index contributed by atoms with van der Waals surface area (Å²) in [5.74, 6) is 3.52. The number of rotatable bonds is 2. The minimum absolute atomic E-state index is 0.784. The van der Waals surface area contributed by atoms with Crippen LogP contribution in [0.4, 0.5) is 0 Å². The van der Waals surface area contributed by atoms with Gasteiger partial charge in [0.1, 0.15) is 0 Å². The molecule has 0 radical (unpaired) electrons. The second-order valence-corrected chi connectivity index (χ2v) is 5.41. The Hall–Kier alpha value is 0.270. The van der Waals surface area contributed by atoms with Crippen molar-refractivity contribution in [2.24, 2.45) is 11.7 Å². The summed E-state index contributed by atoms with van der Waals surface area (Å²) >= 11 is 2.13. The molecule has 2 fully saturated rings. The van der Waals surface area contributed by atoms with Crippen molar-refractivity contribution in [3.8, 4) is 0 Å². The van der Waals surface area contributed by atoms with Gasteiger partial charge >= 0.3 is 0 Å². The molecule has 0 saturated carbocycles. The summed E-state index contributed by atoms with van der Waals surface area (Å²) < 4.78 is 0. The quantitative estimate of drug-likeness (QED) is 0.725. The summed E-state index contributed by atoms with van der Waals surface area (Å²) in [6.45, 7) is 3.45. The fraction of sp³-hybridized carbons (Fsp3) is 1.00. The van der Waals surface area contributed by atoms with Gasteiger partial charge in [0.25, 0.3) is 0 Å². The maximum Gasteiger partial charge on any atom is 0.0186 e. The smallest absolute Gasteiger partial charge is 0.0186 e. The zero-order valence-electron chi connectivity index (χ0n) is 8.24. The van der Waals surface area contributed by atoms with Crippen molar-refractivity contribution in [3.05, 3.63) is 0 Å². The van der Waals surface area contributed by atoms with E-state index in [2.05, 4.69) is 16.7 Å². The first-order valence-electron chi connectivity index (χ1n) is 5.42. The third-order valence-corrected chi connectivity index (χ3v) is 4.50. The molecule has 2 unspecified atom stereocenters. The second-order valence-electron chi connectivity index (χ2n) is 4.26. The number of nitrogens with zero attached hydrogens (tertiary/aromatic N) is 1. The van der Waals surface area contributed by atoms with Crippen molar-refractivity contribution in [3.63, 3.8) is 0 Å². The molecule has 0 aliphatic carbocycles. The third kappa shape index (κ3) is 2.39. The average molecular weight is 200 g/mol. The van der Waals surface area contributed by atoms with Crippen LogP contribution in [0.1, 0.15) is 19.3 Å². The molecule has 2 saturated heterocycles. The zero-order chi connectivity index (χ0) is 9.10. The van der Waals surface area contributed by atoms with Gasteiger partial charge in [0, 0.05) is 18.3 Å². The number of hydrogen-bond donors (Lipinski definition) is 1. The van der Waals surface area contributed by atoms with Crippen LogP contribution in [-0.2, 0) is 0 Å². The molecule has 3 heteroatoms. The van der Waals surface area contributed by atoms with Gasteiger partial charge in [-0.05, 0) is 44.0 Å². The molecule has 0 spiro atoms. The minimum Gasteiger partial charge on any atom is -0.330 e.